The van der Waals surface area contributed by atoms with Gasteiger partial charge in [0.1, 0.15) is 0 Å². The second-order valence-corrected chi connectivity index (χ2v) is 3.82. The van der Waals surface area contributed by atoms with Crippen LogP contribution in [0.15, 0.2) is 36.7 Å². The number of hydrogen-bond donors (Lipinski definition) is 2. The fourth-order valence-electron chi connectivity index (χ4n) is 2.05. The molecule has 0 atom stereocenters. The number of nitrogens with two attached hydrogens (primary N) is 1. The molecule has 0 aliphatic carbocycles. The van der Waals surface area contributed by atoms with Crippen LogP contribution in [0, 0.1) is 0 Å². The summed E-state index contributed by atoms with van der Waals surface area (Å²) in [4.78, 5) is 3.23. The van der Waals surface area contributed by atoms with E-state index in [1.807, 2.05) is 31.4 Å². The number of aromatic nitrogens is 3. The first-order chi connectivity index (χ1) is 7.77. The highest BCUT2D eigenvalue weighted by Crippen LogP contribution is 2.31. The second kappa shape index (κ2) is 3.13. The SMILES string of the molecule is Cn1ncc(N)c1-c1c[nH]c2ccccc12. The van der Waals surface area contributed by atoms with Gasteiger partial charge in [-0.2, -0.15) is 5.10 Å². The molecular weight excluding hydrogens is 200 g/mol. The quantitative estimate of drug-likeness (QED) is 0.649. The Morgan fingerprint density at radius 2 is 2.12 bits per heavy atom. The number of hydrogen-bond acceptors (Lipinski definition) is 2. The van der Waals surface area contributed by atoms with E-state index in [4.69, 9.17) is 5.73 Å². The molecule has 0 unspecified atom stereocenters. The lowest BCUT2D eigenvalue weighted by Crippen LogP contribution is -1.95. The number of nitrogen functional groups attached to an aromatic ring is 1. The zero-order valence-electron chi connectivity index (χ0n) is 8.94. The van der Waals surface area contributed by atoms with Crippen molar-refractivity contribution in [2.24, 2.45) is 7.05 Å². The van der Waals surface area contributed by atoms with Gasteiger partial charge >= 0.3 is 0 Å². The van der Waals surface area contributed by atoms with Crippen LogP contribution in [0.4, 0.5) is 5.69 Å². The molecular formula is C12H12N4. The molecule has 4 nitrogen and oxygen atoms in total. The van der Waals surface area contributed by atoms with E-state index in [0.717, 1.165) is 22.2 Å². The van der Waals surface area contributed by atoms with Crippen molar-refractivity contribution in [2.45, 2.75) is 0 Å². The van der Waals surface area contributed by atoms with Gasteiger partial charge in [0, 0.05) is 29.7 Å². The fraction of sp³-hybridized carbons (Fsp3) is 0.0833. The lowest BCUT2D eigenvalue weighted by atomic mass is 10.1. The van der Waals surface area contributed by atoms with Gasteiger partial charge in [-0.05, 0) is 6.07 Å². The van der Waals surface area contributed by atoms with Crippen LogP contribution in [0.25, 0.3) is 22.2 Å². The van der Waals surface area contributed by atoms with Crippen LogP contribution in [0.3, 0.4) is 0 Å². The van der Waals surface area contributed by atoms with E-state index < -0.39 is 0 Å². The standard InChI is InChI=1S/C12H12N4/c1-16-12(10(13)7-15-16)9-6-14-11-5-3-2-4-8(9)11/h2-7,14H,13H2,1H3. The van der Waals surface area contributed by atoms with E-state index >= 15 is 0 Å². The number of rotatable bonds is 1. The molecule has 0 aliphatic rings. The third-order valence-corrected chi connectivity index (χ3v) is 2.81. The largest absolute Gasteiger partial charge is 0.396 e. The lowest BCUT2D eigenvalue weighted by Gasteiger charge is -2.01. The second-order valence-electron chi connectivity index (χ2n) is 3.82. The Labute approximate surface area is 92.7 Å². The number of H-pyrrole nitrogens is 1. The molecule has 0 fully saturated rings. The van der Waals surface area contributed by atoms with Crippen molar-refractivity contribution in [3.8, 4) is 11.3 Å². The van der Waals surface area contributed by atoms with Crippen molar-refractivity contribution in [2.75, 3.05) is 5.73 Å². The molecule has 2 aromatic heterocycles. The summed E-state index contributed by atoms with van der Waals surface area (Å²) in [5.41, 5.74) is 9.78. The van der Waals surface area contributed by atoms with Crippen LogP contribution >= 0.6 is 0 Å². The van der Waals surface area contributed by atoms with Crippen LogP contribution in [0.5, 0.6) is 0 Å². The van der Waals surface area contributed by atoms with Crippen molar-refractivity contribution in [1.29, 1.82) is 0 Å². The Morgan fingerprint density at radius 3 is 2.88 bits per heavy atom. The molecule has 0 radical (unpaired) electrons. The van der Waals surface area contributed by atoms with E-state index in [0.29, 0.717) is 5.69 Å². The summed E-state index contributed by atoms with van der Waals surface area (Å²) in [6.45, 7) is 0. The molecule has 2 heterocycles. The van der Waals surface area contributed by atoms with Gasteiger partial charge in [0.25, 0.3) is 0 Å². The summed E-state index contributed by atoms with van der Waals surface area (Å²) in [5.74, 6) is 0. The van der Waals surface area contributed by atoms with Crippen LogP contribution < -0.4 is 5.73 Å². The van der Waals surface area contributed by atoms with Gasteiger partial charge in [-0.1, -0.05) is 18.2 Å². The smallest absolute Gasteiger partial charge is 0.0930 e. The molecule has 3 N–H and O–H groups in total. The molecule has 0 spiro atoms. The number of fused-ring (bicyclic) bond motifs is 1. The number of aromatic amines is 1. The van der Waals surface area contributed by atoms with Gasteiger partial charge in [0.15, 0.2) is 0 Å². The number of nitrogens with one attached hydrogen (secondary N) is 1. The van der Waals surface area contributed by atoms with Gasteiger partial charge in [-0.25, -0.2) is 0 Å². The van der Waals surface area contributed by atoms with Gasteiger partial charge in [-0.15, -0.1) is 0 Å². The first-order valence-corrected chi connectivity index (χ1v) is 5.11. The molecule has 3 rings (SSSR count). The molecule has 0 amide bonds. The first-order valence-electron chi connectivity index (χ1n) is 5.11. The monoisotopic (exact) mass is 212 g/mol. The maximum absolute atomic E-state index is 5.93. The topological polar surface area (TPSA) is 59.6 Å². The van der Waals surface area contributed by atoms with E-state index in [1.165, 1.54) is 0 Å². The molecule has 0 saturated carbocycles. The van der Waals surface area contributed by atoms with Crippen molar-refractivity contribution < 1.29 is 0 Å². The van der Waals surface area contributed by atoms with Gasteiger partial charge in [0.2, 0.25) is 0 Å². The lowest BCUT2D eigenvalue weighted by molar-refractivity contribution is 0.776. The Morgan fingerprint density at radius 1 is 1.31 bits per heavy atom. The van der Waals surface area contributed by atoms with E-state index in [9.17, 15) is 0 Å². The van der Waals surface area contributed by atoms with Crippen molar-refractivity contribution in [3.05, 3.63) is 36.7 Å². The van der Waals surface area contributed by atoms with Crippen molar-refractivity contribution in [3.63, 3.8) is 0 Å². The Bertz CT molecular complexity index is 628. The number of aryl methyl sites for hydroxylation is 1. The molecule has 4 heteroatoms. The number of benzene rings is 1. The number of anilines is 1. The van der Waals surface area contributed by atoms with Crippen LogP contribution in [-0.2, 0) is 7.05 Å². The Balaban J connectivity index is 2.35. The molecule has 1 aromatic carbocycles. The van der Waals surface area contributed by atoms with Crippen molar-refractivity contribution in [1.82, 2.24) is 14.8 Å². The minimum Gasteiger partial charge on any atom is -0.396 e. The molecule has 80 valence electrons. The molecule has 0 bridgehead atoms. The fourth-order valence-corrected chi connectivity index (χ4v) is 2.05. The molecule has 0 aliphatic heterocycles. The predicted octanol–water partition coefficient (Wildman–Crippen LogP) is 2.15. The predicted molar refractivity (Wildman–Crippen MR) is 64.9 cm³/mol. The third-order valence-electron chi connectivity index (χ3n) is 2.81. The highest BCUT2D eigenvalue weighted by atomic mass is 15.3. The molecule has 16 heavy (non-hydrogen) atoms. The summed E-state index contributed by atoms with van der Waals surface area (Å²) in [6.07, 6.45) is 3.65. The average Bonchev–Trinajstić information content (AvgIpc) is 2.83. The minimum atomic E-state index is 0.701. The highest BCUT2D eigenvalue weighted by Gasteiger charge is 2.12. The third kappa shape index (κ3) is 1.13. The van der Waals surface area contributed by atoms with E-state index in [-0.39, 0.29) is 0 Å². The first kappa shape index (κ1) is 9.03. The highest BCUT2D eigenvalue weighted by molar-refractivity contribution is 5.97. The minimum absolute atomic E-state index is 0.701. The normalized spacial score (nSPS) is 11.1. The molecule has 3 aromatic rings. The summed E-state index contributed by atoms with van der Waals surface area (Å²) < 4.78 is 1.80. The summed E-state index contributed by atoms with van der Waals surface area (Å²) in [6, 6.07) is 8.15. The maximum atomic E-state index is 5.93. The van der Waals surface area contributed by atoms with Crippen LogP contribution in [0.2, 0.25) is 0 Å². The summed E-state index contributed by atoms with van der Waals surface area (Å²) in [7, 11) is 1.90. The van der Waals surface area contributed by atoms with Gasteiger partial charge in [-0.3, -0.25) is 4.68 Å². The average molecular weight is 212 g/mol. The molecule has 0 saturated heterocycles. The van der Waals surface area contributed by atoms with Gasteiger partial charge < -0.3 is 10.7 Å². The number of para-hydroxylation sites is 1. The van der Waals surface area contributed by atoms with Crippen molar-refractivity contribution >= 4 is 16.6 Å². The summed E-state index contributed by atoms with van der Waals surface area (Å²) in [5, 5.41) is 5.32. The zero-order chi connectivity index (χ0) is 11.1. The number of nitrogens with zero attached hydrogens (tertiary/aromatic N) is 2. The van der Waals surface area contributed by atoms with E-state index in [2.05, 4.69) is 16.1 Å². The zero-order valence-corrected chi connectivity index (χ0v) is 8.94. The van der Waals surface area contributed by atoms with Crippen LogP contribution in [-0.4, -0.2) is 14.8 Å². The Kier molecular flexibility index (Phi) is 1.77. The summed E-state index contributed by atoms with van der Waals surface area (Å²) >= 11 is 0. The maximum Gasteiger partial charge on any atom is 0.0930 e. The van der Waals surface area contributed by atoms with E-state index in [1.54, 1.807) is 10.9 Å². The van der Waals surface area contributed by atoms with Crippen LogP contribution in [0.1, 0.15) is 0 Å². The van der Waals surface area contributed by atoms with Gasteiger partial charge in [0.05, 0.1) is 17.6 Å². The Hall–Kier alpha value is -2.23.